The van der Waals surface area contributed by atoms with Crippen LogP contribution < -0.4 is 5.73 Å². The Hall–Kier alpha value is -1.44. The van der Waals surface area contributed by atoms with Crippen LogP contribution in [-0.4, -0.2) is 60.5 Å². The quantitative estimate of drug-likeness (QED) is 0.866. The van der Waals surface area contributed by atoms with Gasteiger partial charge in [-0.2, -0.15) is 0 Å². The minimum atomic E-state index is -0.538. The lowest BCUT2D eigenvalue weighted by Crippen LogP contribution is -2.48. The molecule has 0 radical (unpaired) electrons. The summed E-state index contributed by atoms with van der Waals surface area (Å²) in [6.07, 6.45) is 0.608. The monoisotopic (exact) mass is 309 g/mol. The van der Waals surface area contributed by atoms with Crippen molar-refractivity contribution in [1.29, 1.82) is 0 Å². The second-order valence-electron chi connectivity index (χ2n) is 5.28. The van der Waals surface area contributed by atoms with E-state index in [1.165, 1.54) is 11.3 Å². The molecule has 2 saturated heterocycles. The van der Waals surface area contributed by atoms with Gasteiger partial charge in [0.2, 0.25) is 5.91 Å². The van der Waals surface area contributed by atoms with E-state index in [0.29, 0.717) is 39.3 Å². The van der Waals surface area contributed by atoms with E-state index in [9.17, 15) is 9.59 Å². The van der Waals surface area contributed by atoms with E-state index in [4.69, 9.17) is 10.5 Å². The first-order valence-corrected chi connectivity index (χ1v) is 8.02. The fourth-order valence-electron chi connectivity index (χ4n) is 2.79. The minimum Gasteiger partial charge on any atom is -0.378 e. The van der Waals surface area contributed by atoms with Gasteiger partial charge in [0, 0.05) is 24.5 Å². The zero-order chi connectivity index (χ0) is 14.8. The lowest BCUT2D eigenvalue weighted by atomic mass is 10.1. The predicted molar refractivity (Wildman–Crippen MR) is 78.8 cm³/mol. The van der Waals surface area contributed by atoms with Crippen LogP contribution in [0.25, 0.3) is 0 Å². The molecule has 2 amide bonds. The Morgan fingerprint density at radius 2 is 2.14 bits per heavy atom. The second-order valence-corrected chi connectivity index (χ2v) is 6.26. The van der Waals surface area contributed by atoms with E-state index in [0.717, 1.165) is 4.88 Å². The van der Waals surface area contributed by atoms with Gasteiger partial charge in [0.25, 0.3) is 5.91 Å². The van der Waals surface area contributed by atoms with Crippen molar-refractivity contribution >= 4 is 23.2 Å². The Labute approximate surface area is 127 Å². The molecule has 3 rings (SSSR count). The van der Waals surface area contributed by atoms with E-state index in [1.54, 1.807) is 9.80 Å². The first-order valence-electron chi connectivity index (χ1n) is 7.14. The summed E-state index contributed by atoms with van der Waals surface area (Å²) in [6.45, 7) is 2.80. The van der Waals surface area contributed by atoms with Crippen molar-refractivity contribution in [3.8, 4) is 0 Å². The summed E-state index contributed by atoms with van der Waals surface area (Å²) >= 11 is 1.50. The van der Waals surface area contributed by atoms with Crippen molar-refractivity contribution < 1.29 is 14.3 Å². The van der Waals surface area contributed by atoms with Gasteiger partial charge in [0.15, 0.2) is 0 Å². The fraction of sp³-hybridized carbons (Fsp3) is 0.571. The van der Waals surface area contributed by atoms with Gasteiger partial charge in [-0.05, 0) is 17.9 Å². The summed E-state index contributed by atoms with van der Waals surface area (Å²) in [5.74, 6) is -0.154. The third-order valence-corrected chi connectivity index (χ3v) is 4.89. The van der Waals surface area contributed by atoms with Crippen LogP contribution in [0.3, 0.4) is 0 Å². The molecule has 7 heteroatoms. The summed E-state index contributed by atoms with van der Waals surface area (Å²) < 4.78 is 5.29. The van der Waals surface area contributed by atoms with Crippen molar-refractivity contribution in [3.63, 3.8) is 0 Å². The molecule has 2 aliphatic heterocycles. The second kappa shape index (κ2) is 6.13. The number of hydrogen-bond acceptors (Lipinski definition) is 5. The maximum absolute atomic E-state index is 12.9. The number of amides is 2. The maximum Gasteiger partial charge on any atom is 0.251 e. The number of carbonyl (C=O) groups is 2. The molecule has 1 aromatic rings. The van der Waals surface area contributed by atoms with Crippen LogP contribution in [0.1, 0.15) is 17.3 Å². The average Bonchev–Trinajstić information content (AvgIpc) is 3.14. The van der Waals surface area contributed by atoms with Crippen LogP contribution in [0.5, 0.6) is 0 Å². The number of hydrogen-bond donors (Lipinski definition) is 1. The SMILES string of the molecule is N[C@H]1CCN([C@H](C(=O)N2CCOCC2)c2cccs2)C1=O. The van der Waals surface area contributed by atoms with Gasteiger partial charge in [-0.3, -0.25) is 9.59 Å². The molecule has 2 N–H and O–H groups in total. The first kappa shape index (κ1) is 14.5. The summed E-state index contributed by atoms with van der Waals surface area (Å²) in [4.78, 5) is 29.4. The highest BCUT2D eigenvalue weighted by Gasteiger charge is 2.40. The standard InChI is InChI=1S/C14H19N3O3S/c15-10-3-4-17(13(10)18)12(11-2-1-9-21-11)14(19)16-5-7-20-8-6-16/h1-2,9-10,12H,3-8,15H2/t10-,12-/m0/s1. The molecule has 114 valence electrons. The Kier molecular flexibility index (Phi) is 4.23. The lowest BCUT2D eigenvalue weighted by Gasteiger charge is -2.34. The molecule has 1 aromatic heterocycles. The Balaban J connectivity index is 1.86. The van der Waals surface area contributed by atoms with Gasteiger partial charge in [0.05, 0.1) is 19.3 Å². The minimum absolute atomic E-state index is 0.0248. The zero-order valence-electron chi connectivity index (χ0n) is 11.7. The molecular formula is C14H19N3O3S. The van der Waals surface area contributed by atoms with Gasteiger partial charge in [-0.15, -0.1) is 11.3 Å². The number of ether oxygens (including phenoxy) is 1. The van der Waals surface area contributed by atoms with Crippen molar-refractivity contribution in [3.05, 3.63) is 22.4 Å². The molecular weight excluding hydrogens is 290 g/mol. The van der Waals surface area contributed by atoms with Crippen LogP contribution in [-0.2, 0) is 14.3 Å². The van der Waals surface area contributed by atoms with Gasteiger partial charge in [-0.1, -0.05) is 6.07 Å². The molecule has 0 unspecified atom stereocenters. The van der Waals surface area contributed by atoms with Crippen molar-refractivity contribution in [1.82, 2.24) is 9.80 Å². The van der Waals surface area contributed by atoms with E-state index >= 15 is 0 Å². The van der Waals surface area contributed by atoms with Crippen LogP contribution in [0.2, 0.25) is 0 Å². The number of morpholine rings is 1. The third kappa shape index (κ3) is 2.81. The Bertz CT molecular complexity index is 514. The molecule has 0 aliphatic carbocycles. The normalized spacial score (nSPS) is 24.4. The van der Waals surface area contributed by atoms with Crippen LogP contribution in [0.4, 0.5) is 0 Å². The zero-order valence-corrected chi connectivity index (χ0v) is 12.6. The topological polar surface area (TPSA) is 75.9 Å². The van der Waals surface area contributed by atoms with Gasteiger partial charge in [-0.25, -0.2) is 0 Å². The Morgan fingerprint density at radius 1 is 1.38 bits per heavy atom. The maximum atomic E-state index is 12.9. The number of nitrogens with zero attached hydrogens (tertiary/aromatic N) is 2. The van der Waals surface area contributed by atoms with Gasteiger partial charge >= 0.3 is 0 Å². The lowest BCUT2D eigenvalue weighted by molar-refractivity contribution is -0.146. The molecule has 2 atom stereocenters. The van der Waals surface area contributed by atoms with Gasteiger partial charge in [0.1, 0.15) is 6.04 Å². The largest absolute Gasteiger partial charge is 0.378 e. The molecule has 0 bridgehead atoms. The summed E-state index contributed by atoms with van der Waals surface area (Å²) in [6, 6.07) is 2.79. The van der Waals surface area contributed by atoms with Crippen molar-refractivity contribution in [2.45, 2.75) is 18.5 Å². The molecule has 0 aromatic carbocycles. The van der Waals surface area contributed by atoms with Crippen LogP contribution in [0.15, 0.2) is 17.5 Å². The highest BCUT2D eigenvalue weighted by Crippen LogP contribution is 2.30. The van der Waals surface area contributed by atoms with Crippen LogP contribution >= 0.6 is 11.3 Å². The third-order valence-electron chi connectivity index (χ3n) is 3.96. The molecule has 2 fully saturated rings. The number of likely N-dealkylation sites (tertiary alicyclic amines) is 1. The van der Waals surface area contributed by atoms with Crippen molar-refractivity contribution in [2.75, 3.05) is 32.8 Å². The first-order chi connectivity index (χ1) is 10.2. The molecule has 0 spiro atoms. The van der Waals surface area contributed by atoms with E-state index in [-0.39, 0.29) is 11.8 Å². The van der Waals surface area contributed by atoms with E-state index in [2.05, 4.69) is 0 Å². The van der Waals surface area contributed by atoms with Crippen LogP contribution in [0, 0.1) is 0 Å². The number of carbonyl (C=O) groups excluding carboxylic acids is 2. The fourth-order valence-corrected chi connectivity index (χ4v) is 3.62. The average molecular weight is 309 g/mol. The molecule has 3 heterocycles. The number of nitrogens with two attached hydrogens (primary N) is 1. The highest BCUT2D eigenvalue weighted by molar-refractivity contribution is 7.10. The van der Waals surface area contributed by atoms with Crippen molar-refractivity contribution in [2.24, 2.45) is 5.73 Å². The van der Waals surface area contributed by atoms with Gasteiger partial charge < -0.3 is 20.3 Å². The highest BCUT2D eigenvalue weighted by atomic mass is 32.1. The Morgan fingerprint density at radius 3 is 2.71 bits per heavy atom. The van der Waals surface area contributed by atoms with E-state index in [1.807, 2.05) is 17.5 Å². The molecule has 21 heavy (non-hydrogen) atoms. The van der Waals surface area contributed by atoms with E-state index < -0.39 is 12.1 Å². The summed E-state index contributed by atoms with van der Waals surface area (Å²) in [7, 11) is 0. The predicted octanol–water partition coefficient (Wildman–Crippen LogP) is 0.208. The smallest absolute Gasteiger partial charge is 0.251 e. The molecule has 2 aliphatic rings. The number of thiophene rings is 1. The molecule has 6 nitrogen and oxygen atoms in total. The number of rotatable bonds is 3. The molecule has 0 saturated carbocycles. The summed E-state index contributed by atoms with van der Waals surface area (Å²) in [5.41, 5.74) is 5.81. The summed E-state index contributed by atoms with van der Waals surface area (Å²) in [5, 5.41) is 1.93.